The lowest BCUT2D eigenvalue weighted by Gasteiger charge is -2.28. The van der Waals surface area contributed by atoms with Crippen LogP contribution in [0.3, 0.4) is 0 Å². The summed E-state index contributed by atoms with van der Waals surface area (Å²) < 4.78 is 14.0. The molecular formula is C21H30FIN6S. The fourth-order valence-corrected chi connectivity index (χ4v) is 5.07. The number of nitrogens with zero attached hydrogens (tertiary/aromatic N) is 4. The maximum absolute atomic E-state index is 14.0. The molecule has 0 radical (unpaired) electrons. The minimum atomic E-state index is -0.264. The van der Waals surface area contributed by atoms with Crippen molar-refractivity contribution in [3.8, 4) is 0 Å². The predicted molar refractivity (Wildman–Crippen MR) is 133 cm³/mol. The van der Waals surface area contributed by atoms with Crippen molar-refractivity contribution in [1.29, 1.82) is 0 Å². The van der Waals surface area contributed by atoms with Crippen LogP contribution in [0.15, 0.2) is 40.8 Å². The lowest BCUT2D eigenvalue weighted by molar-refractivity contribution is 0.249. The summed E-state index contributed by atoms with van der Waals surface area (Å²) in [7, 11) is 1.80. The molecule has 2 fully saturated rings. The smallest absolute Gasteiger partial charge is 0.191 e. The molecule has 164 valence electrons. The number of guanidine groups is 1. The molecule has 2 unspecified atom stereocenters. The molecule has 0 aliphatic carbocycles. The summed E-state index contributed by atoms with van der Waals surface area (Å²) in [5, 5.41) is 9.18. The third-order valence-electron chi connectivity index (χ3n) is 5.71. The molecule has 0 spiro atoms. The Labute approximate surface area is 199 Å². The molecule has 4 rings (SSSR count). The summed E-state index contributed by atoms with van der Waals surface area (Å²) >= 11 is 1.82. The normalized spacial score (nSPS) is 20.8. The van der Waals surface area contributed by atoms with E-state index < -0.39 is 0 Å². The summed E-state index contributed by atoms with van der Waals surface area (Å²) in [5.74, 6) is 0.977. The standard InChI is InChI=1S/C21H29FN6S.HI/c1-23-21(25-14-18(19-7-5-13-29-19)27-10-2-3-11-27)26-16-8-12-28(15-16)20-17(22)6-4-9-24-20;/h4-7,9,13,16,18H,2-3,8,10-12,14-15H2,1H3,(H2,23,25,26);1H. The van der Waals surface area contributed by atoms with Gasteiger partial charge in [-0.2, -0.15) is 0 Å². The average Bonchev–Trinajstić information content (AvgIpc) is 3.51. The van der Waals surface area contributed by atoms with Gasteiger partial charge in [0.05, 0.1) is 6.04 Å². The molecule has 0 saturated carbocycles. The number of hydrogen-bond acceptors (Lipinski definition) is 5. The van der Waals surface area contributed by atoms with Crippen LogP contribution in [0.4, 0.5) is 10.2 Å². The van der Waals surface area contributed by atoms with Crippen LogP contribution in [-0.4, -0.2) is 61.7 Å². The highest BCUT2D eigenvalue weighted by Gasteiger charge is 2.27. The maximum atomic E-state index is 14.0. The molecule has 0 amide bonds. The van der Waals surface area contributed by atoms with Crippen molar-refractivity contribution in [1.82, 2.24) is 20.5 Å². The fraction of sp³-hybridized carbons (Fsp3) is 0.524. The first kappa shape index (κ1) is 23.2. The first-order chi connectivity index (χ1) is 14.2. The largest absolute Gasteiger partial charge is 0.354 e. The number of hydrogen-bond donors (Lipinski definition) is 2. The van der Waals surface area contributed by atoms with Gasteiger partial charge in [-0.1, -0.05) is 6.07 Å². The average molecular weight is 544 g/mol. The van der Waals surface area contributed by atoms with E-state index in [-0.39, 0.29) is 35.8 Å². The van der Waals surface area contributed by atoms with Crippen LogP contribution in [-0.2, 0) is 0 Å². The number of rotatable bonds is 6. The zero-order valence-corrected chi connectivity index (χ0v) is 20.4. The molecule has 0 bridgehead atoms. The van der Waals surface area contributed by atoms with Crippen molar-refractivity contribution in [2.75, 3.05) is 44.7 Å². The van der Waals surface area contributed by atoms with Gasteiger partial charge in [-0.05, 0) is 55.9 Å². The summed E-state index contributed by atoms with van der Waals surface area (Å²) in [5.41, 5.74) is 0. The number of pyridine rings is 1. The van der Waals surface area contributed by atoms with Crippen LogP contribution in [0.5, 0.6) is 0 Å². The van der Waals surface area contributed by atoms with Gasteiger partial charge in [-0.15, -0.1) is 35.3 Å². The molecule has 2 atom stereocenters. The Bertz CT molecular complexity index is 812. The summed E-state index contributed by atoms with van der Waals surface area (Å²) in [6.07, 6.45) is 5.12. The van der Waals surface area contributed by atoms with Gasteiger partial charge in [0.15, 0.2) is 17.6 Å². The van der Waals surface area contributed by atoms with Gasteiger partial charge in [0.2, 0.25) is 0 Å². The zero-order chi connectivity index (χ0) is 20.1. The minimum absolute atomic E-state index is 0. The van der Waals surface area contributed by atoms with Crippen LogP contribution >= 0.6 is 35.3 Å². The van der Waals surface area contributed by atoms with Crippen molar-refractivity contribution >= 4 is 47.1 Å². The van der Waals surface area contributed by atoms with Gasteiger partial charge in [0.1, 0.15) is 0 Å². The Balaban J connectivity index is 0.00000256. The van der Waals surface area contributed by atoms with Gasteiger partial charge >= 0.3 is 0 Å². The van der Waals surface area contributed by atoms with Crippen LogP contribution in [0, 0.1) is 5.82 Å². The lowest BCUT2D eigenvalue weighted by atomic mass is 10.2. The monoisotopic (exact) mass is 544 g/mol. The van der Waals surface area contributed by atoms with Gasteiger partial charge in [0.25, 0.3) is 0 Å². The molecule has 2 saturated heterocycles. The van der Waals surface area contributed by atoms with Gasteiger partial charge in [-0.3, -0.25) is 9.89 Å². The van der Waals surface area contributed by atoms with E-state index in [1.165, 1.54) is 23.8 Å². The highest BCUT2D eigenvalue weighted by Crippen LogP contribution is 2.28. The first-order valence-electron chi connectivity index (χ1n) is 10.3. The second kappa shape index (κ2) is 11.2. The minimum Gasteiger partial charge on any atom is -0.354 e. The van der Waals surface area contributed by atoms with Crippen LogP contribution < -0.4 is 15.5 Å². The molecule has 2 aliphatic heterocycles. The Morgan fingerprint density at radius 2 is 2.13 bits per heavy atom. The number of likely N-dealkylation sites (tertiary alicyclic amines) is 1. The topological polar surface area (TPSA) is 55.8 Å². The summed E-state index contributed by atoms with van der Waals surface area (Å²) in [6.45, 7) is 4.64. The molecule has 30 heavy (non-hydrogen) atoms. The molecule has 4 heterocycles. The summed E-state index contributed by atoms with van der Waals surface area (Å²) in [6, 6.07) is 8.03. The molecule has 0 aromatic carbocycles. The number of aromatic nitrogens is 1. The highest BCUT2D eigenvalue weighted by molar-refractivity contribution is 14.0. The van der Waals surface area contributed by atoms with Crippen molar-refractivity contribution in [3.63, 3.8) is 0 Å². The van der Waals surface area contributed by atoms with E-state index in [0.29, 0.717) is 11.9 Å². The first-order valence-corrected chi connectivity index (χ1v) is 11.2. The molecule has 2 aromatic rings. The highest BCUT2D eigenvalue weighted by atomic mass is 127. The van der Waals surface area contributed by atoms with Crippen molar-refractivity contribution in [2.45, 2.75) is 31.3 Å². The lowest BCUT2D eigenvalue weighted by Crippen LogP contribution is -2.47. The van der Waals surface area contributed by atoms with E-state index in [9.17, 15) is 4.39 Å². The van der Waals surface area contributed by atoms with E-state index in [1.807, 2.05) is 16.2 Å². The third kappa shape index (κ3) is 5.61. The molecular weight excluding hydrogens is 514 g/mol. The van der Waals surface area contributed by atoms with Crippen molar-refractivity contribution in [3.05, 3.63) is 46.5 Å². The zero-order valence-electron chi connectivity index (χ0n) is 17.3. The number of anilines is 1. The fourth-order valence-electron chi connectivity index (χ4n) is 4.21. The molecule has 2 aromatic heterocycles. The van der Waals surface area contributed by atoms with Gasteiger partial charge in [-0.25, -0.2) is 9.37 Å². The predicted octanol–water partition coefficient (Wildman–Crippen LogP) is 3.48. The number of nitrogens with one attached hydrogen (secondary N) is 2. The van der Waals surface area contributed by atoms with E-state index >= 15 is 0 Å². The van der Waals surface area contributed by atoms with E-state index in [1.54, 1.807) is 19.3 Å². The third-order valence-corrected chi connectivity index (χ3v) is 6.68. The van der Waals surface area contributed by atoms with Gasteiger partial charge < -0.3 is 15.5 Å². The molecule has 9 heteroatoms. The van der Waals surface area contributed by atoms with Crippen molar-refractivity contribution in [2.24, 2.45) is 4.99 Å². The SMILES string of the molecule is CN=C(NCC(c1cccs1)N1CCCC1)NC1CCN(c2ncccc2F)C1.I. The summed E-state index contributed by atoms with van der Waals surface area (Å²) in [4.78, 5) is 14.6. The molecule has 6 nitrogen and oxygen atoms in total. The Morgan fingerprint density at radius 3 is 2.83 bits per heavy atom. The van der Waals surface area contributed by atoms with E-state index in [4.69, 9.17) is 0 Å². The van der Waals surface area contributed by atoms with Crippen LogP contribution in [0.25, 0.3) is 0 Å². The number of thiophene rings is 1. The maximum Gasteiger partial charge on any atom is 0.191 e. The van der Waals surface area contributed by atoms with Crippen molar-refractivity contribution < 1.29 is 4.39 Å². The Morgan fingerprint density at radius 1 is 1.30 bits per heavy atom. The van der Waals surface area contributed by atoms with Crippen LogP contribution in [0.1, 0.15) is 30.2 Å². The second-order valence-electron chi connectivity index (χ2n) is 7.61. The van der Waals surface area contributed by atoms with Crippen LogP contribution in [0.2, 0.25) is 0 Å². The molecule has 2 N–H and O–H groups in total. The quantitative estimate of drug-likeness (QED) is 0.332. The molecule has 2 aliphatic rings. The van der Waals surface area contributed by atoms with E-state index in [2.05, 4.69) is 43.0 Å². The van der Waals surface area contributed by atoms with E-state index in [0.717, 1.165) is 45.1 Å². The van der Waals surface area contributed by atoms with Gasteiger partial charge in [0, 0.05) is 43.8 Å². The second-order valence-corrected chi connectivity index (χ2v) is 8.59. The Hall–Kier alpha value is -1.46. The Kier molecular flexibility index (Phi) is 8.70. The number of halogens is 2. The number of aliphatic imine (C=N–C) groups is 1.